The molecule has 0 radical (unpaired) electrons. The lowest BCUT2D eigenvalue weighted by molar-refractivity contribution is -0.214. The SMILES string of the molecule is CC(=O)N1CCC2(CC1)c1cc(C#C[C@@H]3O[C@H](CO)[C@H](O)[C@@H](O)[C@@H]3O)ccc1-c1ccc(C#C[C@@H]3O[C@H](CO)[C@H](O)[C@H](O)[C@@H]3O)cc12. The number of hydrogen-bond donors (Lipinski definition) is 8. The first-order chi connectivity index (χ1) is 22.5. The van der Waals surface area contributed by atoms with Crippen LogP contribution in [0, 0.1) is 23.7 Å². The van der Waals surface area contributed by atoms with Gasteiger partial charge in [-0.25, -0.2) is 0 Å². The molecule has 6 rings (SSSR count). The number of likely N-dealkylation sites (tertiary alicyclic amines) is 1. The number of hydrogen-bond acceptors (Lipinski definition) is 11. The maximum absolute atomic E-state index is 12.2. The number of benzene rings is 2. The van der Waals surface area contributed by atoms with E-state index in [4.69, 9.17) is 9.47 Å². The van der Waals surface area contributed by atoms with E-state index in [0.29, 0.717) is 37.1 Å². The molecule has 2 aromatic rings. The second kappa shape index (κ2) is 13.3. The lowest BCUT2D eigenvalue weighted by atomic mass is 9.70. The summed E-state index contributed by atoms with van der Waals surface area (Å²) < 4.78 is 11.1. The highest BCUT2D eigenvalue weighted by Gasteiger charge is 2.47. The molecule has 0 bridgehead atoms. The Balaban J connectivity index is 1.34. The van der Waals surface area contributed by atoms with Gasteiger partial charge in [-0.2, -0.15) is 0 Å². The van der Waals surface area contributed by atoms with E-state index in [2.05, 4.69) is 23.7 Å². The fourth-order valence-corrected chi connectivity index (χ4v) is 7.14. The minimum Gasteiger partial charge on any atom is -0.394 e. The molecule has 250 valence electrons. The lowest BCUT2D eigenvalue weighted by Gasteiger charge is -2.40. The average molecular weight is 650 g/mol. The Kier molecular flexibility index (Phi) is 9.46. The van der Waals surface area contributed by atoms with Crippen molar-refractivity contribution in [1.29, 1.82) is 0 Å². The third kappa shape index (κ3) is 5.96. The van der Waals surface area contributed by atoms with Crippen molar-refractivity contribution in [2.45, 2.75) is 86.2 Å². The second-order valence-corrected chi connectivity index (χ2v) is 12.6. The van der Waals surface area contributed by atoms with Crippen molar-refractivity contribution < 1.29 is 55.1 Å². The highest BCUT2D eigenvalue weighted by Crippen LogP contribution is 2.54. The Bertz CT molecular complexity index is 1520. The van der Waals surface area contributed by atoms with E-state index >= 15 is 0 Å². The van der Waals surface area contributed by atoms with E-state index in [1.165, 1.54) is 0 Å². The number of piperidine rings is 1. The maximum Gasteiger partial charge on any atom is 0.219 e. The van der Waals surface area contributed by atoms with Crippen molar-refractivity contribution >= 4 is 5.91 Å². The summed E-state index contributed by atoms with van der Waals surface area (Å²) in [7, 11) is 0. The van der Waals surface area contributed by atoms with Crippen LogP contribution in [0.2, 0.25) is 0 Å². The van der Waals surface area contributed by atoms with E-state index in [0.717, 1.165) is 22.3 Å². The van der Waals surface area contributed by atoms with Gasteiger partial charge < -0.3 is 55.2 Å². The summed E-state index contributed by atoms with van der Waals surface area (Å²) in [6, 6.07) is 11.6. The number of aliphatic hydroxyl groups excluding tert-OH is 8. The fourth-order valence-electron chi connectivity index (χ4n) is 7.14. The third-order valence-electron chi connectivity index (χ3n) is 9.92. The fraction of sp³-hybridized carbons (Fsp3) is 0.514. The maximum atomic E-state index is 12.2. The van der Waals surface area contributed by atoms with Crippen LogP contribution in [0.3, 0.4) is 0 Å². The lowest BCUT2D eigenvalue weighted by Crippen LogP contribution is -2.58. The van der Waals surface area contributed by atoms with Gasteiger partial charge in [0, 0.05) is 36.6 Å². The summed E-state index contributed by atoms with van der Waals surface area (Å²) in [6.45, 7) is 1.53. The zero-order valence-electron chi connectivity index (χ0n) is 25.7. The molecule has 10 atom stereocenters. The molecule has 1 spiro atoms. The predicted molar refractivity (Wildman–Crippen MR) is 165 cm³/mol. The summed E-state index contributed by atoms with van der Waals surface area (Å²) in [4.78, 5) is 14.0. The normalized spacial score (nSPS) is 34.0. The molecule has 3 fully saturated rings. The highest BCUT2D eigenvalue weighted by molar-refractivity contribution is 5.83. The van der Waals surface area contributed by atoms with Crippen LogP contribution < -0.4 is 0 Å². The summed E-state index contributed by atoms with van der Waals surface area (Å²) in [5, 5.41) is 80.4. The molecule has 4 aliphatic rings. The first-order valence-corrected chi connectivity index (χ1v) is 15.7. The van der Waals surface area contributed by atoms with Crippen LogP contribution in [-0.4, -0.2) is 139 Å². The summed E-state index contributed by atoms with van der Waals surface area (Å²) in [5.74, 6) is 11.7. The van der Waals surface area contributed by atoms with E-state index in [1.54, 1.807) is 6.92 Å². The second-order valence-electron chi connectivity index (χ2n) is 12.6. The number of amides is 1. The van der Waals surface area contributed by atoms with E-state index < -0.39 is 79.7 Å². The number of fused-ring (bicyclic) bond motifs is 5. The van der Waals surface area contributed by atoms with Gasteiger partial charge in [0.25, 0.3) is 0 Å². The third-order valence-corrected chi connectivity index (χ3v) is 9.92. The van der Waals surface area contributed by atoms with Gasteiger partial charge in [-0.3, -0.25) is 4.79 Å². The molecule has 12 heteroatoms. The van der Waals surface area contributed by atoms with Crippen LogP contribution in [0.1, 0.15) is 42.0 Å². The topological polar surface area (TPSA) is 201 Å². The van der Waals surface area contributed by atoms with Gasteiger partial charge in [0.05, 0.1) is 13.2 Å². The number of ether oxygens (including phenoxy) is 2. The number of carbonyl (C=O) groups is 1. The van der Waals surface area contributed by atoms with Crippen LogP contribution in [-0.2, 0) is 19.7 Å². The number of aliphatic hydroxyl groups is 8. The minimum absolute atomic E-state index is 0.00316. The minimum atomic E-state index is -1.53. The summed E-state index contributed by atoms with van der Waals surface area (Å²) in [5.41, 5.74) is 4.84. The highest BCUT2D eigenvalue weighted by atomic mass is 16.5. The standard InChI is InChI=1S/C35H39NO11/c1-18(39)36-12-10-35(11-13-36)23-14-19(4-8-25-29(40)33(44)31(42)27(16-37)46-25)2-6-21(23)22-7-3-20(15-24(22)35)5-9-26-30(41)34(45)32(43)28(17-38)47-26/h2-3,6-7,14-15,25-34,37-38,40-45H,10-13,16-17H2,1H3/t25-,26-,27+,28+,29+,30+,31-,32-,33-,34+/m0/s1. The van der Waals surface area contributed by atoms with Gasteiger partial charge in [0.1, 0.15) is 61.0 Å². The monoisotopic (exact) mass is 649 g/mol. The number of rotatable bonds is 2. The molecule has 0 aromatic heterocycles. The molecule has 1 aliphatic carbocycles. The van der Waals surface area contributed by atoms with Crippen molar-refractivity contribution in [3.63, 3.8) is 0 Å². The van der Waals surface area contributed by atoms with Gasteiger partial charge in [-0.15, -0.1) is 0 Å². The van der Waals surface area contributed by atoms with Crippen LogP contribution in [0.5, 0.6) is 0 Å². The molecule has 3 saturated heterocycles. The Morgan fingerprint density at radius 3 is 1.53 bits per heavy atom. The first-order valence-electron chi connectivity index (χ1n) is 15.7. The Labute approximate surface area is 271 Å². The predicted octanol–water partition coefficient (Wildman–Crippen LogP) is -2.02. The van der Waals surface area contributed by atoms with Crippen molar-refractivity contribution in [1.82, 2.24) is 4.90 Å². The molecule has 2 aromatic carbocycles. The van der Waals surface area contributed by atoms with Crippen LogP contribution >= 0.6 is 0 Å². The van der Waals surface area contributed by atoms with Gasteiger partial charge in [0.2, 0.25) is 5.91 Å². The molecule has 0 unspecified atom stereocenters. The Morgan fingerprint density at radius 2 is 1.15 bits per heavy atom. The summed E-state index contributed by atoms with van der Waals surface area (Å²) >= 11 is 0. The van der Waals surface area contributed by atoms with Gasteiger partial charge in [0.15, 0.2) is 0 Å². The molecule has 8 N–H and O–H groups in total. The Morgan fingerprint density at radius 1 is 0.723 bits per heavy atom. The van der Waals surface area contributed by atoms with E-state index in [9.17, 15) is 45.6 Å². The Hall–Kier alpha value is -3.37. The summed E-state index contributed by atoms with van der Waals surface area (Å²) in [6.07, 6.45) is -12.0. The van der Waals surface area contributed by atoms with E-state index in [1.807, 2.05) is 41.3 Å². The van der Waals surface area contributed by atoms with E-state index in [-0.39, 0.29) is 5.91 Å². The van der Waals surface area contributed by atoms with Crippen molar-refractivity contribution in [3.8, 4) is 34.8 Å². The molecule has 0 saturated carbocycles. The zero-order valence-corrected chi connectivity index (χ0v) is 25.7. The molecule has 12 nitrogen and oxygen atoms in total. The van der Waals surface area contributed by atoms with Gasteiger partial charge in [-0.1, -0.05) is 35.8 Å². The molecule has 3 aliphatic heterocycles. The number of carbonyl (C=O) groups excluding carboxylic acids is 1. The van der Waals surface area contributed by atoms with Gasteiger partial charge >= 0.3 is 0 Å². The molecular weight excluding hydrogens is 610 g/mol. The van der Waals surface area contributed by atoms with Gasteiger partial charge in [-0.05, 0) is 59.4 Å². The van der Waals surface area contributed by atoms with Crippen LogP contribution in [0.25, 0.3) is 11.1 Å². The molecule has 47 heavy (non-hydrogen) atoms. The van der Waals surface area contributed by atoms with Crippen LogP contribution in [0.4, 0.5) is 0 Å². The van der Waals surface area contributed by atoms with Crippen molar-refractivity contribution in [2.75, 3.05) is 26.3 Å². The molecule has 3 heterocycles. The smallest absolute Gasteiger partial charge is 0.219 e. The van der Waals surface area contributed by atoms with Crippen molar-refractivity contribution in [3.05, 3.63) is 58.7 Å². The largest absolute Gasteiger partial charge is 0.394 e. The molecule has 1 amide bonds. The number of nitrogens with zero attached hydrogens (tertiary/aromatic N) is 1. The van der Waals surface area contributed by atoms with Crippen LogP contribution in [0.15, 0.2) is 36.4 Å². The zero-order chi connectivity index (χ0) is 33.6. The first kappa shape index (κ1) is 33.5. The average Bonchev–Trinajstić information content (AvgIpc) is 3.33. The quantitative estimate of drug-likeness (QED) is 0.167. The molecular formula is C35H39NO11. The van der Waals surface area contributed by atoms with Crippen molar-refractivity contribution in [2.24, 2.45) is 0 Å².